The normalized spacial score (nSPS) is 30.1. The molecule has 13 heavy (non-hydrogen) atoms. The maximum atomic E-state index is 11.3. The molecule has 0 spiro atoms. The van der Waals surface area contributed by atoms with E-state index in [0.717, 1.165) is 0 Å². The molecule has 0 radical (unpaired) electrons. The van der Waals surface area contributed by atoms with Crippen molar-refractivity contribution in [2.24, 2.45) is 5.92 Å². The summed E-state index contributed by atoms with van der Waals surface area (Å²) in [6.07, 6.45) is 2.56. The Hall–Kier alpha value is 0.770. The molecule has 6 heteroatoms. The standard InChI is InChI=1S/C7H10Cl3O2P/c8-7(11)5-1-3-6(4-2-5)13(9,10)12/h5-6H,1-4H2. The zero-order valence-corrected chi connectivity index (χ0v) is 10.0. The number of carbonyl (C=O) groups is 1. The van der Waals surface area contributed by atoms with Gasteiger partial charge in [0, 0.05) is 11.6 Å². The number of rotatable bonds is 2. The van der Waals surface area contributed by atoms with E-state index in [2.05, 4.69) is 0 Å². The van der Waals surface area contributed by atoms with Crippen molar-refractivity contribution in [1.82, 2.24) is 0 Å². The third-order valence-electron chi connectivity index (χ3n) is 2.44. The molecule has 2 nitrogen and oxygen atoms in total. The lowest BCUT2D eigenvalue weighted by Crippen LogP contribution is -2.20. The van der Waals surface area contributed by atoms with Crippen molar-refractivity contribution in [3.8, 4) is 0 Å². The van der Waals surface area contributed by atoms with Crippen molar-refractivity contribution in [1.29, 1.82) is 0 Å². The quantitative estimate of drug-likeness (QED) is 0.558. The van der Waals surface area contributed by atoms with Crippen molar-refractivity contribution >= 4 is 45.2 Å². The van der Waals surface area contributed by atoms with Gasteiger partial charge in [-0.05, 0) is 59.8 Å². The molecule has 1 aliphatic carbocycles. The minimum absolute atomic E-state index is 0.0993. The largest absolute Gasteiger partial charge is 0.289 e. The fourth-order valence-electron chi connectivity index (χ4n) is 1.60. The summed E-state index contributed by atoms with van der Waals surface area (Å²) in [6, 6.07) is 0. The molecule has 76 valence electrons. The third kappa shape index (κ3) is 3.43. The maximum Gasteiger partial charge on any atom is 0.256 e. The lowest BCUT2D eigenvalue weighted by Gasteiger charge is -2.26. The Bertz CT molecular complexity index is 242. The van der Waals surface area contributed by atoms with Gasteiger partial charge in [-0.2, -0.15) is 0 Å². The Morgan fingerprint density at radius 1 is 1.15 bits per heavy atom. The average molecular weight is 263 g/mol. The Morgan fingerprint density at radius 2 is 1.62 bits per heavy atom. The van der Waals surface area contributed by atoms with Crippen molar-refractivity contribution in [2.75, 3.05) is 0 Å². The van der Waals surface area contributed by atoms with Crippen LogP contribution < -0.4 is 0 Å². The molecule has 0 N–H and O–H groups in total. The van der Waals surface area contributed by atoms with Crippen LogP contribution in [0.2, 0.25) is 0 Å². The minimum atomic E-state index is -3.01. The van der Waals surface area contributed by atoms with Crippen LogP contribution in [0.1, 0.15) is 25.7 Å². The topological polar surface area (TPSA) is 34.1 Å². The second-order valence-corrected chi connectivity index (χ2v) is 8.95. The Balaban J connectivity index is 2.48. The van der Waals surface area contributed by atoms with E-state index in [1.54, 1.807) is 0 Å². The van der Waals surface area contributed by atoms with Gasteiger partial charge in [0.05, 0.1) is 0 Å². The predicted octanol–water partition coefficient (Wildman–Crippen LogP) is 3.98. The summed E-state index contributed by atoms with van der Waals surface area (Å²) in [5.74, 6) is -3.11. The van der Waals surface area contributed by atoms with Gasteiger partial charge in [0.1, 0.15) is 0 Å². The third-order valence-corrected chi connectivity index (χ3v) is 5.77. The van der Waals surface area contributed by atoms with Gasteiger partial charge in [-0.3, -0.25) is 9.36 Å². The van der Waals surface area contributed by atoms with Crippen molar-refractivity contribution in [2.45, 2.75) is 31.3 Å². The fourth-order valence-corrected chi connectivity index (χ4v) is 3.89. The SMILES string of the molecule is O=C(Cl)C1CCC(P(=O)(Cl)Cl)CC1. The summed E-state index contributed by atoms with van der Waals surface area (Å²) in [5.41, 5.74) is -0.150. The average Bonchev–Trinajstić information content (AvgIpc) is 2.03. The summed E-state index contributed by atoms with van der Waals surface area (Å²) in [5, 5.41) is -0.308. The number of halogens is 3. The van der Waals surface area contributed by atoms with Crippen LogP contribution in [-0.2, 0) is 9.36 Å². The van der Waals surface area contributed by atoms with Gasteiger partial charge in [-0.1, -0.05) is 0 Å². The Morgan fingerprint density at radius 3 is 1.92 bits per heavy atom. The highest BCUT2D eigenvalue weighted by Crippen LogP contribution is 2.64. The second-order valence-electron chi connectivity index (χ2n) is 3.31. The van der Waals surface area contributed by atoms with E-state index in [4.69, 9.17) is 34.1 Å². The van der Waals surface area contributed by atoms with Crippen molar-refractivity contribution < 1.29 is 9.36 Å². The Kier molecular flexibility index (Phi) is 4.12. The van der Waals surface area contributed by atoms with Crippen LogP contribution in [0.3, 0.4) is 0 Å². The number of hydrogen-bond acceptors (Lipinski definition) is 2. The molecule has 0 aromatic carbocycles. The smallest absolute Gasteiger partial charge is 0.256 e. The van der Waals surface area contributed by atoms with Gasteiger partial charge in [0.15, 0.2) is 0 Å². The maximum absolute atomic E-state index is 11.3. The molecule has 0 bridgehead atoms. The van der Waals surface area contributed by atoms with Crippen molar-refractivity contribution in [3.05, 3.63) is 0 Å². The molecule has 1 fully saturated rings. The minimum Gasteiger partial charge on any atom is -0.289 e. The van der Waals surface area contributed by atoms with Gasteiger partial charge >= 0.3 is 0 Å². The number of carbonyl (C=O) groups excluding carboxylic acids is 1. The molecule has 0 saturated heterocycles. The molecule has 0 aromatic rings. The summed E-state index contributed by atoms with van der Waals surface area (Å²) in [7, 11) is 0. The van der Waals surface area contributed by atoms with Crippen LogP contribution in [0.4, 0.5) is 0 Å². The van der Waals surface area contributed by atoms with Crippen LogP contribution in [-0.4, -0.2) is 10.9 Å². The summed E-state index contributed by atoms with van der Waals surface area (Å²) in [6.45, 7) is 0. The molecule has 0 aromatic heterocycles. The lowest BCUT2D eigenvalue weighted by atomic mass is 9.90. The van der Waals surface area contributed by atoms with E-state index in [1.165, 1.54) is 0 Å². The molecule has 0 aliphatic heterocycles. The van der Waals surface area contributed by atoms with Gasteiger partial charge in [0.2, 0.25) is 5.24 Å². The van der Waals surface area contributed by atoms with Crippen LogP contribution in [0.15, 0.2) is 0 Å². The molecule has 0 atom stereocenters. The van der Waals surface area contributed by atoms with Gasteiger partial charge in [-0.15, -0.1) is 0 Å². The molecule has 1 aliphatic rings. The second kappa shape index (κ2) is 4.53. The molecular formula is C7H10Cl3O2P. The molecule has 1 rings (SSSR count). The molecule has 0 amide bonds. The summed E-state index contributed by atoms with van der Waals surface area (Å²) < 4.78 is 11.3. The van der Waals surface area contributed by atoms with Gasteiger partial charge in [0.25, 0.3) is 5.85 Å². The van der Waals surface area contributed by atoms with E-state index in [1.807, 2.05) is 0 Å². The summed E-state index contributed by atoms with van der Waals surface area (Å²) in [4.78, 5) is 10.8. The zero-order chi connectivity index (χ0) is 10.1. The van der Waals surface area contributed by atoms with Crippen molar-refractivity contribution in [3.63, 3.8) is 0 Å². The molecular weight excluding hydrogens is 253 g/mol. The molecule has 0 unspecified atom stereocenters. The van der Waals surface area contributed by atoms with Gasteiger partial charge in [-0.25, -0.2) is 0 Å². The predicted molar refractivity (Wildman–Crippen MR) is 55.9 cm³/mol. The highest BCUT2D eigenvalue weighted by Gasteiger charge is 2.34. The monoisotopic (exact) mass is 262 g/mol. The lowest BCUT2D eigenvalue weighted by molar-refractivity contribution is -0.115. The number of hydrogen-bond donors (Lipinski definition) is 0. The summed E-state index contributed by atoms with van der Waals surface area (Å²) >= 11 is 16.4. The van der Waals surface area contributed by atoms with Crippen LogP contribution in [0.25, 0.3) is 0 Å². The first-order valence-electron chi connectivity index (χ1n) is 4.09. The molecule has 1 saturated carbocycles. The first kappa shape index (κ1) is 11.8. The first-order valence-corrected chi connectivity index (χ1v) is 8.06. The van der Waals surface area contributed by atoms with Crippen LogP contribution in [0.5, 0.6) is 0 Å². The highest BCUT2D eigenvalue weighted by molar-refractivity contribution is 8.09. The van der Waals surface area contributed by atoms with E-state index in [-0.39, 0.29) is 16.8 Å². The highest BCUT2D eigenvalue weighted by atomic mass is 35.9. The van der Waals surface area contributed by atoms with Crippen LogP contribution >= 0.6 is 39.9 Å². The zero-order valence-electron chi connectivity index (χ0n) is 6.88. The molecule has 0 heterocycles. The van der Waals surface area contributed by atoms with Gasteiger partial charge < -0.3 is 0 Å². The van der Waals surface area contributed by atoms with E-state index in [9.17, 15) is 9.36 Å². The van der Waals surface area contributed by atoms with E-state index < -0.39 is 5.85 Å². The van der Waals surface area contributed by atoms with E-state index >= 15 is 0 Å². The van der Waals surface area contributed by atoms with Crippen LogP contribution in [0, 0.1) is 5.92 Å². The fraction of sp³-hybridized carbons (Fsp3) is 0.857. The first-order chi connectivity index (χ1) is 5.91. The van der Waals surface area contributed by atoms with E-state index in [0.29, 0.717) is 25.7 Å². The Labute approximate surface area is 91.9 Å².